The summed E-state index contributed by atoms with van der Waals surface area (Å²) in [6.45, 7) is 1.91. The van der Waals surface area contributed by atoms with Crippen molar-refractivity contribution < 1.29 is 17.5 Å². The quantitative estimate of drug-likeness (QED) is 0.643. The van der Waals surface area contributed by atoms with Crippen LogP contribution in [0.25, 0.3) is 11.3 Å². The van der Waals surface area contributed by atoms with E-state index in [9.17, 15) is 12.8 Å². The average molecular weight is 434 g/mol. The smallest absolute Gasteiger partial charge is 0.243 e. The molecule has 0 unspecified atom stereocenters. The summed E-state index contributed by atoms with van der Waals surface area (Å²) in [6.07, 6.45) is 0. The maximum atomic E-state index is 13.7. The van der Waals surface area contributed by atoms with Crippen molar-refractivity contribution in [2.75, 3.05) is 31.6 Å². The number of nitrogens with one attached hydrogen (secondary N) is 1. The van der Waals surface area contributed by atoms with Crippen molar-refractivity contribution >= 4 is 26.5 Å². The van der Waals surface area contributed by atoms with Gasteiger partial charge in [-0.05, 0) is 18.2 Å². The third kappa shape index (κ3) is 4.48. The molecule has 9 heteroatoms. The van der Waals surface area contributed by atoms with Crippen LogP contribution in [0.3, 0.4) is 0 Å². The van der Waals surface area contributed by atoms with Gasteiger partial charge < -0.3 is 10.1 Å². The Morgan fingerprint density at radius 3 is 2.55 bits per heavy atom. The molecule has 0 saturated carbocycles. The molecule has 1 saturated heterocycles. The molecule has 0 spiro atoms. The number of thiazole rings is 1. The molecule has 0 atom stereocenters. The standard InChI is InChI=1S/C20H20FN3O3S2/c21-18-4-2-1-3-16(18)13-22-20-23-19(14-28-20)15-5-7-17(8-6-15)29(25,26)24-9-11-27-12-10-24/h1-8,14H,9-13H2,(H,22,23). The van der Waals surface area contributed by atoms with E-state index in [2.05, 4.69) is 10.3 Å². The predicted molar refractivity (Wildman–Crippen MR) is 111 cm³/mol. The number of anilines is 1. The summed E-state index contributed by atoms with van der Waals surface area (Å²) in [6, 6.07) is 13.3. The molecule has 2 aromatic carbocycles. The molecule has 6 nitrogen and oxygen atoms in total. The molecule has 1 fully saturated rings. The summed E-state index contributed by atoms with van der Waals surface area (Å²) in [5.74, 6) is -0.256. The first kappa shape index (κ1) is 20.0. The largest absolute Gasteiger partial charge is 0.379 e. The van der Waals surface area contributed by atoms with E-state index in [-0.39, 0.29) is 10.7 Å². The van der Waals surface area contributed by atoms with Crippen LogP contribution in [-0.2, 0) is 21.3 Å². The van der Waals surface area contributed by atoms with Gasteiger partial charge in [-0.2, -0.15) is 4.31 Å². The molecule has 4 rings (SSSR count). The number of benzene rings is 2. The number of ether oxygens (including phenoxy) is 1. The van der Waals surface area contributed by atoms with Gasteiger partial charge in [-0.15, -0.1) is 11.3 Å². The number of rotatable bonds is 6. The van der Waals surface area contributed by atoms with E-state index in [1.54, 1.807) is 42.5 Å². The first-order valence-corrected chi connectivity index (χ1v) is 11.5. The Kier molecular flexibility index (Phi) is 5.91. The number of sulfonamides is 1. The van der Waals surface area contributed by atoms with Crippen molar-refractivity contribution in [1.82, 2.24) is 9.29 Å². The Morgan fingerprint density at radius 2 is 1.83 bits per heavy atom. The fraction of sp³-hybridized carbons (Fsp3) is 0.250. The summed E-state index contributed by atoms with van der Waals surface area (Å²) < 4.78 is 45.8. The zero-order valence-corrected chi connectivity index (χ0v) is 17.2. The first-order valence-electron chi connectivity index (χ1n) is 9.15. The zero-order valence-electron chi connectivity index (χ0n) is 15.5. The maximum absolute atomic E-state index is 13.7. The fourth-order valence-electron chi connectivity index (χ4n) is 3.03. The van der Waals surface area contributed by atoms with Gasteiger partial charge in [0.25, 0.3) is 0 Å². The summed E-state index contributed by atoms with van der Waals surface area (Å²) in [7, 11) is -3.51. The highest BCUT2D eigenvalue weighted by atomic mass is 32.2. The molecule has 29 heavy (non-hydrogen) atoms. The van der Waals surface area contributed by atoms with Crippen LogP contribution < -0.4 is 5.32 Å². The lowest BCUT2D eigenvalue weighted by Gasteiger charge is -2.26. The highest BCUT2D eigenvalue weighted by Crippen LogP contribution is 2.27. The van der Waals surface area contributed by atoms with Gasteiger partial charge in [0, 0.05) is 36.1 Å². The summed E-state index contributed by atoms with van der Waals surface area (Å²) >= 11 is 1.42. The number of hydrogen-bond acceptors (Lipinski definition) is 6. The van der Waals surface area contributed by atoms with Gasteiger partial charge in [0.05, 0.1) is 23.8 Å². The summed E-state index contributed by atoms with van der Waals surface area (Å²) in [5.41, 5.74) is 2.13. The monoisotopic (exact) mass is 433 g/mol. The molecule has 1 aliphatic rings. The first-order chi connectivity index (χ1) is 14.0. The lowest BCUT2D eigenvalue weighted by Crippen LogP contribution is -2.40. The van der Waals surface area contributed by atoms with E-state index in [4.69, 9.17) is 4.74 Å². The lowest BCUT2D eigenvalue weighted by molar-refractivity contribution is 0.0730. The van der Waals surface area contributed by atoms with E-state index in [1.807, 2.05) is 5.38 Å². The van der Waals surface area contributed by atoms with E-state index >= 15 is 0 Å². The number of halogens is 1. The topological polar surface area (TPSA) is 71.5 Å². The Hall–Kier alpha value is -2.33. The summed E-state index contributed by atoms with van der Waals surface area (Å²) in [4.78, 5) is 4.78. The van der Waals surface area contributed by atoms with Gasteiger partial charge in [0.2, 0.25) is 10.0 Å². The third-order valence-corrected chi connectivity index (χ3v) is 7.36. The van der Waals surface area contributed by atoms with Gasteiger partial charge in [0.1, 0.15) is 5.82 Å². The van der Waals surface area contributed by atoms with Crippen LogP contribution in [0.15, 0.2) is 58.8 Å². The third-order valence-electron chi connectivity index (χ3n) is 4.65. The predicted octanol–water partition coefficient (Wildman–Crippen LogP) is 3.58. The van der Waals surface area contributed by atoms with Gasteiger partial charge in [-0.1, -0.05) is 30.3 Å². The van der Waals surface area contributed by atoms with Crippen LogP contribution in [0.1, 0.15) is 5.56 Å². The van der Waals surface area contributed by atoms with Gasteiger partial charge in [-0.25, -0.2) is 17.8 Å². The average Bonchev–Trinajstić information content (AvgIpc) is 3.23. The van der Waals surface area contributed by atoms with E-state index in [0.29, 0.717) is 43.5 Å². The normalized spacial score (nSPS) is 15.3. The second-order valence-electron chi connectivity index (χ2n) is 6.52. The second-order valence-corrected chi connectivity index (χ2v) is 9.32. The number of aromatic nitrogens is 1. The van der Waals surface area contributed by atoms with Crippen LogP contribution >= 0.6 is 11.3 Å². The Labute approximate surface area is 173 Å². The second kappa shape index (κ2) is 8.58. The van der Waals surface area contributed by atoms with Crippen LogP contribution in [0.5, 0.6) is 0 Å². The van der Waals surface area contributed by atoms with Crippen molar-refractivity contribution in [2.24, 2.45) is 0 Å². The zero-order chi connectivity index (χ0) is 20.3. The minimum Gasteiger partial charge on any atom is -0.379 e. The molecule has 0 radical (unpaired) electrons. The van der Waals surface area contributed by atoms with Crippen molar-refractivity contribution in [3.05, 3.63) is 65.3 Å². The molecule has 0 aliphatic carbocycles. The summed E-state index contributed by atoms with van der Waals surface area (Å²) in [5, 5.41) is 5.68. The van der Waals surface area contributed by atoms with Crippen LogP contribution in [0, 0.1) is 5.82 Å². The van der Waals surface area contributed by atoms with Crippen molar-refractivity contribution in [2.45, 2.75) is 11.4 Å². The van der Waals surface area contributed by atoms with Crippen molar-refractivity contribution in [3.63, 3.8) is 0 Å². The Morgan fingerprint density at radius 1 is 1.10 bits per heavy atom. The molecule has 0 bridgehead atoms. The molecule has 0 amide bonds. The molecular weight excluding hydrogens is 413 g/mol. The number of nitrogens with zero attached hydrogens (tertiary/aromatic N) is 2. The lowest BCUT2D eigenvalue weighted by atomic mass is 10.2. The van der Waals surface area contributed by atoms with Crippen LogP contribution in [0.4, 0.5) is 9.52 Å². The fourth-order valence-corrected chi connectivity index (χ4v) is 5.16. The Balaban J connectivity index is 1.45. The molecule has 2 heterocycles. The van der Waals surface area contributed by atoms with Crippen LogP contribution in [-0.4, -0.2) is 44.0 Å². The van der Waals surface area contributed by atoms with Gasteiger partial charge in [0.15, 0.2) is 5.13 Å². The molecule has 3 aromatic rings. The maximum Gasteiger partial charge on any atom is 0.243 e. The number of hydrogen-bond donors (Lipinski definition) is 1. The molecule has 152 valence electrons. The highest BCUT2D eigenvalue weighted by molar-refractivity contribution is 7.89. The molecule has 1 aliphatic heterocycles. The highest BCUT2D eigenvalue weighted by Gasteiger charge is 2.26. The molecule has 1 aromatic heterocycles. The minimum atomic E-state index is -3.51. The molecular formula is C20H20FN3O3S2. The van der Waals surface area contributed by atoms with E-state index in [1.165, 1.54) is 21.7 Å². The molecule has 1 N–H and O–H groups in total. The van der Waals surface area contributed by atoms with E-state index < -0.39 is 10.0 Å². The van der Waals surface area contributed by atoms with Gasteiger partial charge in [-0.3, -0.25) is 0 Å². The van der Waals surface area contributed by atoms with Crippen LogP contribution in [0.2, 0.25) is 0 Å². The Bertz CT molecular complexity index is 1080. The van der Waals surface area contributed by atoms with E-state index in [0.717, 1.165) is 11.3 Å². The van der Waals surface area contributed by atoms with Crippen molar-refractivity contribution in [1.29, 1.82) is 0 Å². The SMILES string of the molecule is O=S(=O)(c1ccc(-c2csc(NCc3ccccc3F)n2)cc1)N1CCOCC1. The van der Waals surface area contributed by atoms with Gasteiger partial charge >= 0.3 is 0 Å². The minimum absolute atomic E-state index is 0.256. The van der Waals surface area contributed by atoms with Crippen molar-refractivity contribution in [3.8, 4) is 11.3 Å². The number of morpholine rings is 1.